The minimum Gasteiger partial charge on any atom is -0.309 e. The second kappa shape index (κ2) is 16.1. The Kier molecular flexibility index (Phi) is 10.2. The second-order valence-electron chi connectivity index (χ2n) is 17.0. The van der Waals surface area contributed by atoms with Gasteiger partial charge in [-0.05, 0) is 108 Å². The predicted octanol–water partition coefficient (Wildman–Crippen LogP) is 10.1. The maximum atomic E-state index is 7.62. The van der Waals surface area contributed by atoms with E-state index in [9.17, 15) is 0 Å². The number of terminal acetylenes is 1. The Labute approximate surface area is 395 Å². The number of rotatable bonds is 7. The molecule has 0 fully saturated rings. The number of thiophene rings is 1. The van der Waals surface area contributed by atoms with Gasteiger partial charge in [-0.2, -0.15) is 0 Å². The van der Waals surface area contributed by atoms with Crippen LogP contribution in [0.3, 0.4) is 0 Å². The fourth-order valence-corrected chi connectivity index (χ4v) is 11.4. The zero-order valence-corrected chi connectivity index (χ0v) is 37.7. The van der Waals surface area contributed by atoms with Crippen LogP contribution in [0.15, 0.2) is 152 Å². The molecule has 0 bridgehead atoms. The van der Waals surface area contributed by atoms with Gasteiger partial charge in [0, 0.05) is 65.2 Å². The highest BCUT2D eigenvalue weighted by atomic mass is 32.1. The SMILES string of the molecule is [B]c1c([B])c(C)c2c(c1[B])c1c([B])c(-c3ccc4c(c3)c3c(-c5ccccc5)cccc3n4-c3ccc4sc5ccccc5c4c3)c(C)c([B])c1n2C(=C/C)/C(=C\CC#C)c1ccccc1. The van der Waals surface area contributed by atoms with Crippen LogP contribution in [0.1, 0.15) is 30.0 Å². The van der Waals surface area contributed by atoms with Gasteiger partial charge in [-0.15, -0.1) is 29.1 Å². The molecule has 0 aliphatic carbocycles. The zero-order chi connectivity index (χ0) is 45.5. The van der Waals surface area contributed by atoms with Crippen molar-refractivity contribution in [2.24, 2.45) is 0 Å². The van der Waals surface area contributed by atoms with E-state index < -0.39 is 0 Å². The number of hydrogen-bond acceptors (Lipinski definition) is 1. The van der Waals surface area contributed by atoms with E-state index in [-0.39, 0.29) is 0 Å². The van der Waals surface area contributed by atoms with Gasteiger partial charge in [-0.3, -0.25) is 0 Å². The molecule has 11 aromatic rings. The van der Waals surface area contributed by atoms with Crippen molar-refractivity contribution >= 4 is 153 Å². The van der Waals surface area contributed by atoms with Crippen molar-refractivity contribution in [2.45, 2.75) is 27.2 Å². The number of aryl methyl sites for hydroxylation is 1. The minimum absolute atomic E-state index is 0.309. The van der Waals surface area contributed by atoms with Crippen molar-refractivity contribution in [2.75, 3.05) is 0 Å². The highest BCUT2D eigenvalue weighted by molar-refractivity contribution is 7.25. The Morgan fingerprint density at radius 2 is 1.30 bits per heavy atom. The smallest absolute Gasteiger partial charge is 0.117 e. The molecule has 0 amide bonds. The fourth-order valence-electron chi connectivity index (χ4n) is 10.3. The summed E-state index contributed by atoms with van der Waals surface area (Å²) in [6.45, 7) is 6.03. The Morgan fingerprint density at radius 3 is 2.06 bits per heavy atom. The number of nitrogens with zero attached hydrogens (tertiary/aromatic N) is 2. The van der Waals surface area contributed by atoms with Crippen molar-refractivity contribution in [3.63, 3.8) is 0 Å². The molecule has 0 saturated carbocycles. The quantitative estimate of drug-likeness (QED) is 0.0859. The molecular formula is C58H37B5N2S. The first-order chi connectivity index (χ1) is 32.1. The molecular weight excluding hydrogens is 811 g/mol. The third-order valence-electron chi connectivity index (χ3n) is 13.4. The van der Waals surface area contributed by atoms with Gasteiger partial charge in [0.1, 0.15) is 39.2 Å². The molecule has 0 aliphatic heterocycles. The van der Waals surface area contributed by atoms with Gasteiger partial charge in [0.15, 0.2) is 0 Å². The summed E-state index contributed by atoms with van der Waals surface area (Å²) in [5, 5.41) is 6.14. The zero-order valence-electron chi connectivity index (χ0n) is 36.9. The largest absolute Gasteiger partial charge is 0.309 e. The first kappa shape index (κ1) is 41.6. The lowest BCUT2D eigenvalue weighted by Crippen LogP contribution is -2.41. The Morgan fingerprint density at radius 1 is 0.591 bits per heavy atom. The Hall–Kier alpha value is -7.06. The summed E-state index contributed by atoms with van der Waals surface area (Å²) in [6, 6.07) is 49.5. The molecule has 11 rings (SSSR count). The van der Waals surface area contributed by atoms with E-state index >= 15 is 0 Å². The highest BCUT2D eigenvalue weighted by Gasteiger charge is 2.27. The van der Waals surface area contributed by atoms with E-state index in [0.717, 1.165) is 88.7 Å². The van der Waals surface area contributed by atoms with Crippen LogP contribution < -0.4 is 27.3 Å². The first-order valence-electron chi connectivity index (χ1n) is 22.0. The molecule has 8 aromatic carbocycles. The lowest BCUT2D eigenvalue weighted by atomic mass is 9.68. The minimum atomic E-state index is 0.309. The maximum Gasteiger partial charge on any atom is 0.117 e. The van der Waals surface area contributed by atoms with E-state index in [1.165, 1.54) is 20.2 Å². The topological polar surface area (TPSA) is 9.86 Å². The van der Waals surface area contributed by atoms with Gasteiger partial charge in [0.25, 0.3) is 0 Å². The molecule has 2 nitrogen and oxygen atoms in total. The number of fused-ring (bicyclic) bond motifs is 9. The number of allylic oxidation sites excluding steroid dienone is 4. The molecule has 8 heteroatoms. The summed E-state index contributed by atoms with van der Waals surface area (Å²) in [4.78, 5) is 0. The van der Waals surface area contributed by atoms with Crippen LogP contribution in [0.4, 0.5) is 0 Å². The highest BCUT2D eigenvalue weighted by Crippen LogP contribution is 2.43. The summed E-state index contributed by atoms with van der Waals surface area (Å²) in [5.41, 5.74) is 15.4. The number of aromatic nitrogens is 2. The van der Waals surface area contributed by atoms with Gasteiger partial charge in [-0.25, -0.2) is 0 Å². The van der Waals surface area contributed by atoms with E-state index in [0.29, 0.717) is 44.5 Å². The van der Waals surface area contributed by atoms with Crippen LogP contribution in [-0.4, -0.2) is 48.4 Å². The molecule has 66 heavy (non-hydrogen) atoms. The Bertz CT molecular complexity index is 3940. The molecule has 300 valence electrons. The van der Waals surface area contributed by atoms with Crippen LogP contribution in [0, 0.1) is 26.2 Å². The predicted molar refractivity (Wildman–Crippen MR) is 292 cm³/mol. The summed E-state index contributed by atoms with van der Waals surface area (Å²) in [7, 11) is 35.7. The van der Waals surface area contributed by atoms with Crippen molar-refractivity contribution in [1.82, 2.24) is 9.13 Å². The average molecular weight is 848 g/mol. The summed E-state index contributed by atoms with van der Waals surface area (Å²) < 4.78 is 7.08. The van der Waals surface area contributed by atoms with Crippen molar-refractivity contribution in [3.05, 3.63) is 168 Å². The van der Waals surface area contributed by atoms with Crippen LogP contribution >= 0.6 is 11.3 Å². The van der Waals surface area contributed by atoms with E-state index in [1.807, 2.05) is 50.3 Å². The first-order valence-corrected chi connectivity index (χ1v) is 22.8. The lowest BCUT2D eigenvalue weighted by molar-refractivity contribution is 1.19. The fraction of sp³-hybridized carbons (Fsp3) is 0.0690. The maximum absolute atomic E-state index is 7.62. The van der Waals surface area contributed by atoms with E-state index in [1.54, 1.807) is 0 Å². The molecule has 10 radical (unpaired) electrons. The van der Waals surface area contributed by atoms with E-state index in [4.69, 9.17) is 45.7 Å². The second-order valence-corrected chi connectivity index (χ2v) is 18.0. The number of benzene rings is 8. The molecule has 0 saturated heterocycles. The molecule has 3 aromatic heterocycles. The van der Waals surface area contributed by atoms with Crippen LogP contribution in [0.2, 0.25) is 0 Å². The molecule has 0 spiro atoms. The molecule has 0 N–H and O–H groups in total. The van der Waals surface area contributed by atoms with Crippen molar-refractivity contribution in [3.8, 4) is 40.3 Å². The number of hydrogen-bond donors (Lipinski definition) is 0. The third kappa shape index (κ3) is 6.17. The lowest BCUT2D eigenvalue weighted by Gasteiger charge is -2.22. The van der Waals surface area contributed by atoms with Gasteiger partial charge in [0.2, 0.25) is 0 Å². The van der Waals surface area contributed by atoms with Crippen molar-refractivity contribution < 1.29 is 0 Å². The van der Waals surface area contributed by atoms with Crippen LogP contribution in [0.25, 0.3) is 103 Å². The van der Waals surface area contributed by atoms with Gasteiger partial charge < -0.3 is 9.13 Å². The molecule has 0 unspecified atom stereocenters. The summed E-state index contributed by atoms with van der Waals surface area (Å²) >= 11 is 1.82. The van der Waals surface area contributed by atoms with Crippen molar-refractivity contribution in [1.29, 1.82) is 0 Å². The molecule has 0 aliphatic rings. The van der Waals surface area contributed by atoms with Gasteiger partial charge >= 0.3 is 0 Å². The summed E-state index contributed by atoms with van der Waals surface area (Å²) in [6.07, 6.45) is 10.4. The summed E-state index contributed by atoms with van der Waals surface area (Å²) in [5.74, 6) is 2.80. The van der Waals surface area contributed by atoms with Crippen LogP contribution in [-0.2, 0) is 0 Å². The Balaban J connectivity index is 1.22. The van der Waals surface area contributed by atoms with Gasteiger partial charge in [-0.1, -0.05) is 131 Å². The average Bonchev–Trinajstić information content (AvgIpc) is 4.02. The molecule has 3 heterocycles. The molecule has 0 atom stereocenters. The normalized spacial score (nSPS) is 12.4. The van der Waals surface area contributed by atoms with E-state index in [2.05, 4.69) is 149 Å². The van der Waals surface area contributed by atoms with Crippen LogP contribution in [0.5, 0.6) is 0 Å². The standard InChI is InChI=1S/C58H37B5N2S/c1-5-7-21-38(34-17-10-8-11-18-34)43(6-2)65-57-33(4)52(59)56(63)55(62)51(57)50-54(61)48(32(3)53(60)58(50)65)36-26-28-44-42(30-36)49-39(35-19-12-9-13-20-35)23-16-24-45(49)64(44)37-27-29-47-41(31-37)40-22-14-15-25-46(40)66-47/h1,6,8-31H,7H2,2-4H3/b38-21-,43-6+. The monoisotopic (exact) mass is 848 g/mol. The third-order valence-corrected chi connectivity index (χ3v) is 14.6. The van der Waals surface area contributed by atoms with Gasteiger partial charge in [0.05, 0.1) is 16.6 Å².